The molecule has 0 spiro atoms. The van der Waals surface area contributed by atoms with Gasteiger partial charge in [0.2, 0.25) is 5.91 Å². The van der Waals surface area contributed by atoms with Crippen LogP contribution in [0.25, 0.3) is 0 Å². The first-order chi connectivity index (χ1) is 8.49. The van der Waals surface area contributed by atoms with E-state index in [1.807, 2.05) is 17.5 Å². The maximum Gasteiger partial charge on any atom is 0.326 e. The molecule has 1 atom stereocenters. The molecule has 8 heteroatoms. The standard InChI is InChI=1S/C10H13N3O4S/c11-8(14)4-7(9(15)16)13-10(17)12-5-6-2-1-3-18-6/h1-3,7H,4-5H2,(H2,11,14)(H,15,16)(H2,12,13,17). The summed E-state index contributed by atoms with van der Waals surface area (Å²) in [6, 6.07) is 1.71. The van der Waals surface area contributed by atoms with Crippen molar-refractivity contribution in [1.29, 1.82) is 0 Å². The molecule has 7 nitrogen and oxygen atoms in total. The van der Waals surface area contributed by atoms with Gasteiger partial charge in [0, 0.05) is 4.88 Å². The lowest BCUT2D eigenvalue weighted by Crippen LogP contribution is -2.47. The first kappa shape index (κ1) is 14.0. The Morgan fingerprint density at radius 1 is 1.44 bits per heavy atom. The summed E-state index contributed by atoms with van der Waals surface area (Å²) in [6.45, 7) is 0.298. The first-order valence-electron chi connectivity index (χ1n) is 5.07. The van der Waals surface area contributed by atoms with Crippen molar-refractivity contribution in [2.24, 2.45) is 5.73 Å². The van der Waals surface area contributed by atoms with Crippen molar-refractivity contribution in [3.63, 3.8) is 0 Å². The Hall–Kier alpha value is -2.09. The molecule has 0 bridgehead atoms. The van der Waals surface area contributed by atoms with Crippen LogP contribution < -0.4 is 16.4 Å². The molecule has 1 aromatic rings. The van der Waals surface area contributed by atoms with E-state index in [2.05, 4.69) is 10.6 Å². The van der Waals surface area contributed by atoms with Crippen molar-refractivity contribution in [2.75, 3.05) is 0 Å². The van der Waals surface area contributed by atoms with Crippen molar-refractivity contribution >= 4 is 29.2 Å². The molecule has 0 aliphatic heterocycles. The average molecular weight is 271 g/mol. The van der Waals surface area contributed by atoms with Gasteiger partial charge >= 0.3 is 12.0 Å². The summed E-state index contributed by atoms with van der Waals surface area (Å²) in [5.41, 5.74) is 4.89. The second kappa shape index (κ2) is 6.60. The topological polar surface area (TPSA) is 122 Å². The molecule has 0 aliphatic carbocycles. The van der Waals surface area contributed by atoms with Crippen molar-refractivity contribution in [3.8, 4) is 0 Å². The fourth-order valence-electron chi connectivity index (χ4n) is 1.19. The summed E-state index contributed by atoms with van der Waals surface area (Å²) < 4.78 is 0. The fourth-order valence-corrected chi connectivity index (χ4v) is 1.84. The van der Waals surface area contributed by atoms with E-state index in [9.17, 15) is 14.4 Å². The molecule has 0 fully saturated rings. The number of carbonyl (C=O) groups is 3. The molecule has 1 aromatic heterocycles. The van der Waals surface area contributed by atoms with Gasteiger partial charge in [-0.25, -0.2) is 9.59 Å². The van der Waals surface area contributed by atoms with Crippen LogP contribution in [0.2, 0.25) is 0 Å². The van der Waals surface area contributed by atoms with Gasteiger partial charge in [-0.05, 0) is 11.4 Å². The Morgan fingerprint density at radius 3 is 2.67 bits per heavy atom. The van der Waals surface area contributed by atoms with Gasteiger partial charge in [0.15, 0.2) is 0 Å². The Labute approximate surface area is 107 Å². The number of thiophene rings is 1. The summed E-state index contributed by atoms with van der Waals surface area (Å²) in [7, 11) is 0. The lowest BCUT2D eigenvalue weighted by Gasteiger charge is -2.13. The van der Waals surface area contributed by atoms with Crippen LogP contribution in [-0.2, 0) is 16.1 Å². The van der Waals surface area contributed by atoms with Gasteiger partial charge in [-0.3, -0.25) is 4.79 Å². The molecule has 1 unspecified atom stereocenters. The zero-order chi connectivity index (χ0) is 13.5. The van der Waals surface area contributed by atoms with E-state index in [1.54, 1.807) is 0 Å². The van der Waals surface area contributed by atoms with E-state index in [4.69, 9.17) is 10.8 Å². The lowest BCUT2D eigenvalue weighted by molar-refractivity contribution is -0.140. The molecule has 0 aromatic carbocycles. The number of hydrogen-bond acceptors (Lipinski definition) is 4. The van der Waals surface area contributed by atoms with Crippen LogP contribution in [0.15, 0.2) is 17.5 Å². The van der Waals surface area contributed by atoms with E-state index in [0.717, 1.165) is 4.88 Å². The van der Waals surface area contributed by atoms with Crippen molar-refractivity contribution in [2.45, 2.75) is 19.0 Å². The van der Waals surface area contributed by atoms with Gasteiger partial charge in [0.25, 0.3) is 0 Å². The summed E-state index contributed by atoms with van der Waals surface area (Å²) in [5, 5.41) is 15.3. The van der Waals surface area contributed by atoms with Crippen molar-refractivity contribution < 1.29 is 19.5 Å². The minimum absolute atomic E-state index is 0.298. The predicted octanol–water partition coefficient (Wildman–Crippen LogP) is -0.124. The number of carboxylic acids is 1. The third kappa shape index (κ3) is 4.83. The lowest BCUT2D eigenvalue weighted by atomic mass is 10.2. The number of rotatable bonds is 6. The van der Waals surface area contributed by atoms with Crippen LogP contribution in [0.1, 0.15) is 11.3 Å². The highest BCUT2D eigenvalue weighted by molar-refractivity contribution is 7.09. The van der Waals surface area contributed by atoms with E-state index in [1.165, 1.54) is 11.3 Å². The predicted molar refractivity (Wildman–Crippen MR) is 64.9 cm³/mol. The SMILES string of the molecule is NC(=O)CC(NC(=O)NCc1cccs1)C(=O)O. The van der Waals surface area contributed by atoms with Crippen LogP contribution in [-0.4, -0.2) is 29.1 Å². The van der Waals surface area contributed by atoms with E-state index < -0.39 is 30.4 Å². The van der Waals surface area contributed by atoms with E-state index >= 15 is 0 Å². The normalized spacial score (nSPS) is 11.6. The highest BCUT2D eigenvalue weighted by Gasteiger charge is 2.21. The largest absolute Gasteiger partial charge is 0.480 e. The van der Waals surface area contributed by atoms with Gasteiger partial charge in [-0.1, -0.05) is 6.07 Å². The fraction of sp³-hybridized carbons (Fsp3) is 0.300. The summed E-state index contributed by atoms with van der Waals surface area (Å²) in [6.07, 6.45) is -0.443. The van der Waals surface area contributed by atoms with Crippen LogP contribution >= 0.6 is 11.3 Å². The average Bonchev–Trinajstić information content (AvgIpc) is 2.77. The minimum atomic E-state index is -1.31. The summed E-state index contributed by atoms with van der Waals surface area (Å²) in [4.78, 5) is 33.7. The zero-order valence-electron chi connectivity index (χ0n) is 9.38. The molecule has 0 saturated carbocycles. The maximum absolute atomic E-state index is 11.4. The minimum Gasteiger partial charge on any atom is -0.480 e. The molecule has 98 valence electrons. The van der Waals surface area contributed by atoms with Crippen LogP contribution in [0.3, 0.4) is 0 Å². The number of carboxylic acid groups (broad SMARTS) is 1. The second-order valence-corrected chi connectivity index (χ2v) is 4.50. The molecular formula is C10H13N3O4S. The Balaban J connectivity index is 2.41. The molecule has 0 aliphatic rings. The maximum atomic E-state index is 11.4. The zero-order valence-corrected chi connectivity index (χ0v) is 10.2. The van der Waals surface area contributed by atoms with Gasteiger partial charge in [0.05, 0.1) is 13.0 Å². The molecular weight excluding hydrogens is 258 g/mol. The number of amides is 3. The molecule has 1 heterocycles. The number of primary amides is 1. The number of carbonyl (C=O) groups excluding carboxylic acids is 2. The highest BCUT2D eigenvalue weighted by atomic mass is 32.1. The Kier molecular flexibility index (Phi) is 5.12. The van der Waals surface area contributed by atoms with Crippen molar-refractivity contribution in [3.05, 3.63) is 22.4 Å². The van der Waals surface area contributed by atoms with Crippen molar-refractivity contribution in [1.82, 2.24) is 10.6 Å². The Morgan fingerprint density at radius 2 is 2.17 bits per heavy atom. The molecule has 3 amide bonds. The van der Waals surface area contributed by atoms with E-state index in [0.29, 0.717) is 6.54 Å². The van der Waals surface area contributed by atoms with Crippen LogP contribution in [0.4, 0.5) is 4.79 Å². The van der Waals surface area contributed by atoms with Crippen LogP contribution in [0.5, 0.6) is 0 Å². The summed E-state index contributed by atoms with van der Waals surface area (Å²) >= 11 is 1.47. The number of urea groups is 1. The quantitative estimate of drug-likeness (QED) is 0.576. The van der Waals surface area contributed by atoms with Crippen LogP contribution in [0, 0.1) is 0 Å². The van der Waals surface area contributed by atoms with E-state index in [-0.39, 0.29) is 0 Å². The third-order valence-electron chi connectivity index (χ3n) is 2.01. The second-order valence-electron chi connectivity index (χ2n) is 3.47. The first-order valence-corrected chi connectivity index (χ1v) is 5.95. The smallest absolute Gasteiger partial charge is 0.326 e. The number of nitrogens with one attached hydrogen (secondary N) is 2. The van der Waals surface area contributed by atoms with Gasteiger partial charge < -0.3 is 21.5 Å². The number of nitrogens with two attached hydrogens (primary N) is 1. The highest BCUT2D eigenvalue weighted by Crippen LogP contribution is 2.07. The molecule has 0 saturated heterocycles. The molecule has 18 heavy (non-hydrogen) atoms. The Bertz CT molecular complexity index is 432. The molecule has 5 N–H and O–H groups in total. The molecule has 1 rings (SSSR count). The van der Waals surface area contributed by atoms with Gasteiger partial charge in [-0.2, -0.15) is 0 Å². The number of hydrogen-bond donors (Lipinski definition) is 4. The summed E-state index contributed by atoms with van der Waals surface area (Å²) in [5.74, 6) is -2.10. The number of aliphatic carboxylic acids is 1. The monoisotopic (exact) mass is 271 g/mol. The van der Waals surface area contributed by atoms with Gasteiger partial charge in [0.1, 0.15) is 6.04 Å². The van der Waals surface area contributed by atoms with Gasteiger partial charge in [-0.15, -0.1) is 11.3 Å². The third-order valence-corrected chi connectivity index (χ3v) is 2.89. The molecule has 0 radical (unpaired) electrons.